The molecular weight excluding hydrogens is 405 g/mol. The Morgan fingerprint density at radius 1 is 1.17 bits per heavy atom. The number of benzene rings is 1. The first-order valence-corrected chi connectivity index (χ1v) is 11.3. The second-order valence-electron chi connectivity index (χ2n) is 8.79. The van der Waals surface area contributed by atoms with Crippen molar-refractivity contribution in [3.63, 3.8) is 0 Å². The van der Waals surface area contributed by atoms with E-state index in [9.17, 15) is 5.11 Å². The van der Waals surface area contributed by atoms with E-state index in [0.29, 0.717) is 26.8 Å². The molecule has 156 valence electrons. The van der Waals surface area contributed by atoms with Gasteiger partial charge in [-0.15, -0.1) is 0 Å². The van der Waals surface area contributed by atoms with E-state index in [0.717, 1.165) is 36.1 Å². The molecule has 29 heavy (non-hydrogen) atoms. The smallest absolute Gasteiger partial charge is 0.153 e. The lowest BCUT2D eigenvalue weighted by Gasteiger charge is -2.43. The van der Waals surface area contributed by atoms with Gasteiger partial charge in [0, 0.05) is 18.7 Å². The van der Waals surface area contributed by atoms with Crippen molar-refractivity contribution in [1.29, 1.82) is 0 Å². The Hall–Kier alpha value is -1.36. The third-order valence-corrected chi connectivity index (χ3v) is 7.91. The van der Waals surface area contributed by atoms with E-state index in [1.54, 1.807) is 13.0 Å². The minimum absolute atomic E-state index is 0.464. The maximum absolute atomic E-state index is 10.5. The summed E-state index contributed by atoms with van der Waals surface area (Å²) in [5, 5.41) is 11.4. The number of aliphatic hydroxyl groups excluding tert-OH is 1. The normalized spacial score (nSPS) is 22.3. The van der Waals surface area contributed by atoms with Crippen molar-refractivity contribution in [2.45, 2.75) is 59.0 Å². The van der Waals surface area contributed by atoms with Gasteiger partial charge in [0.05, 0.1) is 27.5 Å². The largest absolute Gasteiger partial charge is 0.387 e. The summed E-state index contributed by atoms with van der Waals surface area (Å²) in [7, 11) is 0. The van der Waals surface area contributed by atoms with Crippen molar-refractivity contribution in [2.75, 3.05) is 18.0 Å². The van der Waals surface area contributed by atoms with Gasteiger partial charge >= 0.3 is 0 Å². The molecule has 2 heterocycles. The number of aromatic nitrogens is 2. The second kappa shape index (κ2) is 8.05. The van der Waals surface area contributed by atoms with E-state index in [1.807, 2.05) is 19.1 Å². The SMILES string of the molecule is Cc1nc(N2CCC3(CCC[C@H]3C)CC2)c(C(C)O)nc1-c1cccc(Cl)c1Cl. The van der Waals surface area contributed by atoms with Crippen LogP contribution in [0.1, 0.15) is 63.4 Å². The van der Waals surface area contributed by atoms with Crippen LogP contribution in [0, 0.1) is 18.3 Å². The first kappa shape index (κ1) is 20.9. The molecule has 2 fully saturated rings. The zero-order valence-corrected chi connectivity index (χ0v) is 18.9. The fraction of sp³-hybridized carbons (Fsp3) is 0.565. The highest BCUT2D eigenvalue weighted by molar-refractivity contribution is 6.43. The summed E-state index contributed by atoms with van der Waals surface area (Å²) in [5.74, 6) is 1.61. The minimum atomic E-state index is -0.712. The quantitative estimate of drug-likeness (QED) is 0.623. The molecule has 1 unspecified atom stereocenters. The predicted molar refractivity (Wildman–Crippen MR) is 120 cm³/mol. The van der Waals surface area contributed by atoms with Crippen molar-refractivity contribution < 1.29 is 5.11 Å². The fourth-order valence-electron chi connectivity index (χ4n) is 5.19. The van der Waals surface area contributed by atoms with E-state index in [2.05, 4.69) is 11.8 Å². The standard InChI is InChI=1S/C23H29Cl2N3O/c1-14-6-5-9-23(14)10-12-28(13-11-23)22-21(16(3)29)27-20(15(2)26-22)17-7-4-8-18(24)19(17)25/h4,7-8,14,16,29H,5-6,9-13H2,1-3H3/t14-,16?/m1/s1. The van der Waals surface area contributed by atoms with Crippen LogP contribution in [0.15, 0.2) is 18.2 Å². The third kappa shape index (κ3) is 3.75. The molecule has 2 aromatic rings. The molecule has 1 aliphatic heterocycles. The summed E-state index contributed by atoms with van der Waals surface area (Å²) in [6.07, 6.45) is 5.73. The molecule has 1 aliphatic carbocycles. The molecule has 1 aromatic heterocycles. The molecule has 4 rings (SSSR count). The van der Waals surface area contributed by atoms with Crippen LogP contribution in [0.5, 0.6) is 0 Å². The lowest BCUT2D eigenvalue weighted by Crippen LogP contribution is -2.42. The molecule has 1 saturated carbocycles. The molecule has 2 atom stereocenters. The van der Waals surface area contributed by atoms with Gasteiger partial charge in [-0.25, -0.2) is 9.97 Å². The molecule has 2 aliphatic rings. The molecule has 1 N–H and O–H groups in total. The van der Waals surface area contributed by atoms with E-state index in [4.69, 9.17) is 33.2 Å². The summed E-state index contributed by atoms with van der Waals surface area (Å²) in [4.78, 5) is 12.0. The van der Waals surface area contributed by atoms with Crippen LogP contribution in [0.3, 0.4) is 0 Å². The number of hydrogen-bond acceptors (Lipinski definition) is 4. The van der Waals surface area contributed by atoms with Gasteiger partial charge < -0.3 is 10.0 Å². The molecule has 0 radical (unpaired) electrons. The molecule has 0 bridgehead atoms. The molecular formula is C23H29Cl2N3O. The Morgan fingerprint density at radius 2 is 1.90 bits per heavy atom. The molecule has 0 amide bonds. The summed E-state index contributed by atoms with van der Waals surface area (Å²) in [6.45, 7) is 8.04. The number of rotatable bonds is 3. The highest BCUT2D eigenvalue weighted by Gasteiger charge is 2.42. The highest BCUT2D eigenvalue weighted by atomic mass is 35.5. The van der Waals surface area contributed by atoms with Crippen molar-refractivity contribution >= 4 is 29.0 Å². The Balaban J connectivity index is 1.68. The number of nitrogens with zero attached hydrogens (tertiary/aromatic N) is 3. The molecule has 4 nitrogen and oxygen atoms in total. The van der Waals surface area contributed by atoms with Crippen LogP contribution in [-0.4, -0.2) is 28.2 Å². The monoisotopic (exact) mass is 433 g/mol. The number of anilines is 1. The number of halogens is 2. The lowest BCUT2D eigenvalue weighted by molar-refractivity contribution is 0.160. The predicted octanol–water partition coefficient (Wildman–Crippen LogP) is 6.22. The van der Waals surface area contributed by atoms with Gasteiger partial charge in [-0.1, -0.05) is 55.1 Å². The van der Waals surface area contributed by atoms with Crippen LogP contribution in [0.2, 0.25) is 10.0 Å². The van der Waals surface area contributed by atoms with E-state index >= 15 is 0 Å². The van der Waals surface area contributed by atoms with Crippen molar-refractivity contribution in [3.05, 3.63) is 39.6 Å². The van der Waals surface area contributed by atoms with Gasteiger partial charge in [0.2, 0.25) is 0 Å². The minimum Gasteiger partial charge on any atom is -0.387 e. The van der Waals surface area contributed by atoms with Crippen LogP contribution in [0.4, 0.5) is 5.82 Å². The third-order valence-electron chi connectivity index (χ3n) is 7.10. The number of hydrogen-bond donors (Lipinski definition) is 1. The van der Waals surface area contributed by atoms with Crippen LogP contribution in [-0.2, 0) is 0 Å². The topological polar surface area (TPSA) is 49.2 Å². The Kier molecular flexibility index (Phi) is 5.80. The van der Waals surface area contributed by atoms with Gasteiger partial charge in [0.1, 0.15) is 5.69 Å². The molecule has 1 spiro atoms. The zero-order chi connectivity index (χ0) is 20.8. The van der Waals surface area contributed by atoms with Crippen molar-refractivity contribution in [3.8, 4) is 11.3 Å². The maximum Gasteiger partial charge on any atom is 0.153 e. The van der Waals surface area contributed by atoms with Gasteiger partial charge in [-0.2, -0.15) is 0 Å². The first-order valence-electron chi connectivity index (χ1n) is 10.6. The second-order valence-corrected chi connectivity index (χ2v) is 9.57. The molecule has 1 saturated heterocycles. The maximum atomic E-state index is 10.5. The summed E-state index contributed by atoms with van der Waals surface area (Å²) < 4.78 is 0. The molecule has 6 heteroatoms. The zero-order valence-electron chi connectivity index (χ0n) is 17.4. The summed E-state index contributed by atoms with van der Waals surface area (Å²) >= 11 is 12.6. The Labute approximate surface area is 183 Å². The summed E-state index contributed by atoms with van der Waals surface area (Å²) in [5.41, 5.74) is 3.32. The van der Waals surface area contributed by atoms with Crippen LogP contribution < -0.4 is 4.90 Å². The van der Waals surface area contributed by atoms with Crippen molar-refractivity contribution in [1.82, 2.24) is 9.97 Å². The van der Waals surface area contributed by atoms with Gasteiger partial charge in [-0.3, -0.25) is 0 Å². The average molecular weight is 434 g/mol. The fourth-order valence-corrected chi connectivity index (χ4v) is 5.58. The Morgan fingerprint density at radius 3 is 2.52 bits per heavy atom. The van der Waals surface area contributed by atoms with Gasteiger partial charge in [0.25, 0.3) is 0 Å². The van der Waals surface area contributed by atoms with E-state index < -0.39 is 6.10 Å². The molecule has 1 aromatic carbocycles. The summed E-state index contributed by atoms with van der Waals surface area (Å²) in [6, 6.07) is 5.50. The van der Waals surface area contributed by atoms with E-state index in [-0.39, 0.29) is 0 Å². The van der Waals surface area contributed by atoms with Gasteiger partial charge in [0.15, 0.2) is 5.82 Å². The number of aliphatic hydroxyl groups is 1. The number of aryl methyl sites for hydroxylation is 1. The average Bonchev–Trinajstić information content (AvgIpc) is 3.04. The van der Waals surface area contributed by atoms with Crippen molar-refractivity contribution in [2.24, 2.45) is 11.3 Å². The lowest BCUT2D eigenvalue weighted by atomic mass is 9.71. The first-order chi connectivity index (χ1) is 13.8. The van der Waals surface area contributed by atoms with E-state index in [1.165, 1.54) is 32.1 Å². The van der Waals surface area contributed by atoms with Gasteiger partial charge in [-0.05, 0) is 50.5 Å². The highest BCUT2D eigenvalue weighted by Crippen LogP contribution is 2.50. The Bertz CT molecular complexity index is 907. The van der Waals surface area contributed by atoms with Crippen LogP contribution >= 0.6 is 23.2 Å². The van der Waals surface area contributed by atoms with Crippen LogP contribution in [0.25, 0.3) is 11.3 Å². The number of piperidine rings is 1.